The van der Waals surface area contributed by atoms with Gasteiger partial charge in [-0.1, -0.05) is 0 Å². The second-order valence-electron chi connectivity index (χ2n) is 3.75. The first kappa shape index (κ1) is 11.7. The number of hydrogen-bond donors (Lipinski definition) is 1. The quantitative estimate of drug-likeness (QED) is 0.798. The van der Waals surface area contributed by atoms with Gasteiger partial charge in [0.25, 0.3) is 5.91 Å². The molecule has 4 heteroatoms. The second-order valence-corrected chi connectivity index (χ2v) is 3.75. The Morgan fingerprint density at radius 2 is 2.27 bits per heavy atom. The van der Waals surface area contributed by atoms with Crippen LogP contribution in [0.5, 0.6) is 0 Å². The van der Waals surface area contributed by atoms with E-state index >= 15 is 0 Å². The number of rotatable bonds is 3. The minimum atomic E-state index is -0.0378. The molecule has 1 rings (SSSR count). The number of amides is 1. The molecule has 1 aromatic heterocycles. The molecule has 1 aromatic rings. The minimum Gasteiger partial charge on any atom is -0.338 e. The summed E-state index contributed by atoms with van der Waals surface area (Å²) in [5.41, 5.74) is 7.10. The van der Waals surface area contributed by atoms with Crippen LogP contribution in [0.3, 0.4) is 0 Å². The minimum absolute atomic E-state index is 0.0378. The van der Waals surface area contributed by atoms with Crippen LogP contribution in [0.2, 0.25) is 0 Å². The summed E-state index contributed by atoms with van der Waals surface area (Å²) in [5.74, 6) is -0.0378. The molecule has 4 nitrogen and oxygen atoms in total. The lowest BCUT2D eigenvalue weighted by Crippen LogP contribution is -2.39. The Kier molecular flexibility index (Phi) is 3.80. The number of likely N-dealkylation sites (N-methyl/N-ethyl adjacent to an activating group) is 1. The molecule has 0 aliphatic heterocycles. The molecule has 0 radical (unpaired) electrons. The van der Waals surface area contributed by atoms with Crippen LogP contribution >= 0.6 is 0 Å². The average molecular weight is 207 g/mol. The predicted molar refractivity (Wildman–Crippen MR) is 59.6 cm³/mol. The predicted octanol–water partition coefficient (Wildman–Crippen LogP) is 0.809. The van der Waals surface area contributed by atoms with E-state index in [1.165, 1.54) is 0 Å². The molecule has 1 atom stereocenters. The topological polar surface area (TPSA) is 59.2 Å². The molecule has 0 aliphatic rings. The smallest absolute Gasteiger partial charge is 0.255 e. The Bertz CT molecular complexity index is 351. The molecule has 0 fully saturated rings. The third-order valence-electron chi connectivity index (χ3n) is 2.44. The molecule has 0 saturated heterocycles. The van der Waals surface area contributed by atoms with E-state index in [2.05, 4.69) is 4.98 Å². The molecular formula is C11H17N3O. The van der Waals surface area contributed by atoms with Crippen molar-refractivity contribution in [2.24, 2.45) is 5.73 Å². The number of pyridine rings is 1. The van der Waals surface area contributed by atoms with E-state index in [1.807, 2.05) is 19.9 Å². The van der Waals surface area contributed by atoms with Gasteiger partial charge < -0.3 is 10.6 Å². The van der Waals surface area contributed by atoms with Gasteiger partial charge in [-0.25, -0.2) is 0 Å². The zero-order valence-electron chi connectivity index (χ0n) is 9.40. The number of nitrogens with zero attached hydrogens (tertiary/aromatic N) is 2. The lowest BCUT2D eigenvalue weighted by Gasteiger charge is -2.23. The monoisotopic (exact) mass is 207 g/mol. The van der Waals surface area contributed by atoms with Crippen molar-refractivity contribution in [2.75, 3.05) is 13.6 Å². The molecule has 0 spiro atoms. The lowest BCUT2D eigenvalue weighted by atomic mass is 10.2. The maximum Gasteiger partial charge on any atom is 0.255 e. The summed E-state index contributed by atoms with van der Waals surface area (Å²) < 4.78 is 0. The Balaban J connectivity index is 2.85. The zero-order valence-corrected chi connectivity index (χ0v) is 9.40. The highest BCUT2D eigenvalue weighted by Gasteiger charge is 2.16. The van der Waals surface area contributed by atoms with Gasteiger partial charge in [-0.15, -0.1) is 0 Å². The number of carbonyl (C=O) groups excluding carboxylic acids is 1. The second kappa shape index (κ2) is 4.89. The van der Waals surface area contributed by atoms with E-state index in [1.54, 1.807) is 24.3 Å². The van der Waals surface area contributed by atoms with Crippen LogP contribution in [0.15, 0.2) is 18.5 Å². The summed E-state index contributed by atoms with van der Waals surface area (Å²) in [4.78, 5) is 17.6. The van der Waals surface area contributed by atoms with Crippen molar-refractivity contribution < 1.29 is 4.79 Å². The summed E-state index contributed by atoms with van der Waals surface area (Å²) in [5, 5.41) is 0. The highest BCUT2D eigenvalue weighted by molar-refractivity contribution is 5.94. The highest BCUT2D eigenvalue weighted by atomic mass is 16.2. The molecule has 1 unspecified atom stereocenters. The van der Waals surface area contributed by atoms with E-state index < -0.39 is 0 Å². The van der Waals surface area contributed by atoms with E-state index in [4.69, 9.17) is 5.73 Å². The van der Waals surface area contributed by atoms with Crippen molar-refractivity contribution in [1.29, 1.82) is 0 Å². The first-order chi connectivity index (χ1) is 7.06. The van der Waals surface area contributed by atoms with Crippen molar-refractivity contribution in [3.8, 4) is 0 Å². The Morgan fingerprint density at radius 1 is 1.60 bits per heavy atom. The van der Waals surface area contributed by atoms with Gasteiger partial charge in [0, 0.05) is 32.0 Å². The molecule has 2 N–H and O–H groups in total. The van der Waals surface area contributed by atoms with Crippen molar-refractivity contribution in [1.82, 2.24) is 9.88 Å². The fraction of sp³-hybridized carbons (Fsp3) is 0.455. The number of nitrogens with two attached hydrogens (primary N) is 1. The standard InChI is InChI=1S/C11H17N3O/c1-8-4-10(7-13-6-8)11(15)14(3)9(2)5-12/h4,6-7,9H,5,12H2,1-3H3. The Hall–Kier alpha value is -1.42. The van der Waals surface area contributed by atoms with Crippen molar-refractivity contribution in [3.05, 3.63) is 29.6 Å². The molecule has 1 amide bonds. The lowest BCUT2D eigenvalue weighted by molar-refractivity contribution is 0.0748. The van der Waals surface area contributed by atoms with Crippen LogP contribution in [0.1, 0.15) is 22.8 Å². The Morgan fingerprint density at radius 3 is 2.80 bits per heavy atom. The summed E-state index contributed by atoms with van der Waals surface area (Å²) >= 11 is 0. The SMILES string of the molecule is Cc1cncc(C(=O)N(C)C(C)CN)c1. The maximum absolute atomic E-state index is 11.9. The normalized spacial score (nSPS) is 12.3. The van der Waals surface area contributed by atoms with Crippen molar-refractivity contribution in [2.45, 2.75) is 19.9 Å². The molecule has 82 valence electrons. The molecular weight excluding hydrogens is 190 g/mol. The number of hydrogen-bond acceptors (Lipinski definition) is 3. The molecule has 1 heterocycles. The van der Waals surface area contributed by atoms with Crippen LogP contribution in [-0.2, 0) is 0 Å². The van der Waals surface area contributed by atoms with Gasteiger partial charge in [0.05, 0.1) is 5.56 Å². The molecule has 0 aromatic carbocycles. The first-order valence-corrected chi connectivity index (χ1v) is 4.95. The molecule has 0 saturated carbocycles. The summed E-state index contributed by atoms with van der Waals surface area (Å²) in [6.45, 7) is 4.29. The van der Waals surface area contributed by atoms with Gasteiger partial charge >= 0.3 is 0 Å². The maximum atomic E-state index is 11.9. The van der Waals surface area contributed by atoms with Gasteiger partial charge in [-0.05, 0) is 25.5 Å². The number of aryl methyl sites for hydroxylation is 1. The third-order valence-corrected chi connectivity index (χ3v) is 2.44. The first-order valence-electron chi connectivity index (χ1n) is 4.95. The van der Waals surface area contributed by atoms with Gasteiger partial charge in [-0.3, -0.25) is 9.78 Å². The van der Waals surface area contributed by atoms with Crippen LogP contribution in [-0.4, -0.2) is 35.4 Å². The largest absolute Gasteiger partial charge is 0.338 e. The zero-order chi connectivity index (χ0) is 11.4. The van der Waals surface area contributed by atoms with E-state index in [0.29, 0.717) is 12.1 Å². The molecule has 0 aliphatic carbocycles. The van der Waals surface area contributed by atoms with Crippen LogP contribution in [0.4, 0.5) is 0 Å². The Labute approximate surface area is 90.1 Å². The van der Waals surface area contributed by atoms with Crippen molar-refractivity contribution >= 4 is 5.91 Å². The fourth-order valence-corrected chi connectivity index (χ4v) is 1.23. The number of carbonyl (C=O) groups is 1. The summed E-state index contributed by atoms with van der Waals surface area (Å²) in [6, 6.07) is 1.87. The van der Waals surface area contributed by atoms with Crippen LogP contribution in [0.25, 0.3) is 0 Å². The van der Waals surface area contributed by atoms with Gasteiger partial charge in [0.15, 0.2) is 0 Å². The van der Waals surface area contributed by atoms with Gasteiger partial charge in [0.1, 0.15) is 0 Å². The van der Waals surface area contributed by atoms with E-state index in [0.717, 1.165) is 5.56 Å². The van der Waals surface area contributed by atoms with Gasteiger partial charge in [-0.2, -0.15) is 0 Å². The average Bonchev–Trinajstić information content (AvgIpc) is 2.26. The van der Waals surface area contributed by atoms with Crippen LogP contribution < -0.4 is 5.73 Å². The van der Waals surface area contributed by atoms with E-state index in [9.17, 15) is 4.79 Å². The van der Waals surface area contributed by atoms with Crippen LogP contribution in [0, 0.1) is 6.92 Å². The van der Waals surface area contributed by atoms with Crippen molar-refractivity contribution in [3.63, 3.8) is 0 Å². The molecule has 15 heavy (non-hydrogen) atoms. The fourth-order valence-electron chi connectivity index (χ4n) is 1.23. The number of aromatic nitrogens is 1. The third kappa shape index (κ3) is 2.76. The summed E-state index contributed by atoms with van der Waals surface area (Å²) in [6.07, 6.45) is 3.30. The molecule has 0 bridgehead atoms. The highest BCUT2D eigenvalue weighted by Crippen LogP contribution is 2.06. The summed E-state index contributed by atoms with van der Waals surface area (Å²) in [7, 11) is 1.75. The van der Waals surface area contributed by atoms with Gasteiger partial charge in [0.2, 0.25) is 0 Å². The van der Waals surface area contributed by atoms with E-state index in [-0.39, 0.29) is 11.9 Å².